The second-order valence-corrected chi connectivity index (χ2v) is 7.19. The molecule has 0 aliphatic carbocycles. The molecule has 4 rings (SSSR count). The van der Waals surface area contributed by atoms with Crippen LogP contribution in [0.15, 0.2) is 78.9 Å². The molecule has 0 unspecified atom stereocenters. The first kappa shape index (κ1) is 22.5. The van der Waals surface area contributed by atoms with E-state index in [1.807, 2.05) is 60.7 Å². The van der Waals surface area contributed by atoms with Crippen LogP contribution < -0.4 is 5.32 Å². The Labute approximate surface area is 195 Å². The molecular weight excluding hydrogens is 434 g/mol. The van der Waals surface area contributed by atoms with Crippen LogP contribution in [0.5, 0.6) is 5.75 Å². The van der Waals surface area contributed by atoms with Gasteiger partial charge in [0, 0.05) is 11.1 Å². The van der Waals surface area contributed by atoms with Crippen LogP contribution in [0.1, 0.15) is 20.7 Å². The Morgan fingerprint density at radius 2 is 1.38 bits per heavy atom. The summed E-state index contributed by atoms with van der Waals surface area (Å²) in [5.74, 6) is -1.63. The third-order valence-corrected chi connectivity index (χ3v) is 5.17. The highest BCUT2D eigenvalue weighted by Gasteiger charge is 2.26. The fourth-order valence-corrected chi connectivity index (χ4v) is 3.56. The molecule has 34 heavy (non-hydrogen) atoms. The van der Waals surface area contributed by atoms with Gasteiger partial charge in [-0.05, 0) is 17.7 Å². The van der Waals surface area contributed by atoms with E-state index in [0.29, 0.717) is 11.3 Å². The fourth-order valence-electron chi connectivity index (χ4n) is 3.56. The molecule has 0 radical (unpaired) electrons. The summed E-state index contributed by atoms with van der Waals surface area (Å²) in [6, 6.07) is 23.2. The molecule has 0 amide bonds. The summed E-state index contributed by atoms with van der Waals surface area (Å²) in [6.07, 6.45) is 0. The zero-order valence-corrected chi connectivity index (χ0v) is 18.5. The number of hydrogen-bond acceptors (Lipinski definition) is 8. The summed E-state index contributed by atoms with van der Waals surface area (Å²) < 4.78 is 9.81. The van der Waals surface area contributed by atoms with E-state index in [1.54, 1.807) is 6.07 Å². The maximum Gasteiger partial charge on any atom is 0.342 e. The van der Waals surface area contributed by atoms with E-state index in [9.17, 15) is 14.7 Å². The van der Waals surface area contributed by atoms with E-state index in [1.165, 1.54) is 26.4 Å². The van der Waals surface area contributed by atoms with Crippen molar-refractivity contribution in [1.82, 2.24) is 10.2 Å². The standard InChI is InChI=1S/C26H21N3O5/c1-33-25(31)18-14-9-15-19(23(18)30)27-24-21(26(32)34-2)20(16-10-5-3-6-11-16)22(28-29-24)17-12-7-4-8-13-17/h3-15,30H,1-2H3,(H,27,29). The van der Waals surface area contributed by atoms with Crippen LogP contribution in [0, 0.1) is 0 Å². The van der Waals surface area contributed by atoms with Gasteiger partial charge in [-0.1, -0.05) is 66.7 Å². The lowest BCUT2D eigenvalue weighted by atomic mass is 9.95. The zero-order valence-electron chi connectivity index (χ0n) is 18.5. The van der Waals surface area contributed by atoms with Gasteiger partial charge in [-0.3, -0.25) is 0 Å². The van der Waals surface area contributed by atoms with Gasteiger partial charge in [0.05, 0.1) is 19.9 Å². The number of rotatable bonds is 6. The minimum atomic E-state index is -0.704. The van der Waals surface area contributed by atoms with Gasteiger partial charge in [-0.2, -0.15) is 0 Å². The van der Waals surface area contributed by atoms with Gasteiger partial charge in [0.15, 0.2) is 11.6 Å². The van der Waals surface area contributed by atoms with E-state index >= 15 is 0 Å². The summed E-state index contributed by atoms with van der Waals surface area (Å²) in [6.45, 7) is 0. The van der Waals surface area contributed by atoms with Crippen molar-refractivity contribution in [3.63, 3.8) is 0 Å². The number of hydrogen-bond donors (Lipinski definition) is 2. The van der Waals surface area contributed by atoms with E-state index in [0.717, 1.165) is 11.1 Å². The Bertz CT molecular complexity index is 1340. The molecule has 0 fully saturated rings. The number of ether oxygens (including phenoxy) is 2. The lowest BCUT2D eigenvalue weighted by molar-refractivity contribution is 0.0590. The second kappa shape index (κ2) is 9.83. The van der Waals surface area contributed by atoms with Crippen molar-refractivity contribution >= 4 is 23.4 Å². The number of benzene rings is 3. The molecule has 170 valence electrons. The Hall–Kier alpha value is -4.72. The first-order valence-corrected chi connectivity index (χ1v) is 10.3. The van der Waals surface area contributed by atoms with Crippen molar-refractivity contribution in [3.05, 3.63) is 90.0 Å². The number of aromatic hydroxyl groups is 1. The zero-order chi connectivity index (χ0) is 24.1. The summed E-state index contributed by atoms with van der Waals surface area (Å²) >= 11 is 0. The molecule has 0 saturated heterocycles. The summed E-state index contributed by atoms with van der Waals surface area (Å²) in [7, 11) is 2.50. The van der Waals surface area contributed by atoms with Crippen molar-refractivity contribution in [2.45, 2.75) is 0 Å². The van der Waals surface area contributed by atoms with Gasteiger partial charge in [0.1, 0.15) is 16.8 Å². The lowest BCUT2D eigenvalue weighted by Crippen LogP contribution is -2.13. The number of methoxy groups -OCH3 is 2. The lowest BCUT2D eigenvalue weighted by Gasteiger charge is -2.18. The highest BCUT2D eigenvalue weighted by molar-refractivity contribution is 6.06. The van der Waals surface area contributed by atoms with Crippen molar-refractivity contribution < 1.29 is 24.2 Å². The molecule has 8 heteroatoms. The molecule has 4 aromatic rings. The highest BCUT2D eigenvalue weighted by Crippen LogP contribution is 2.38. The summed E-state index contributed by atoms with van der Waals surface area (Å²) in [5, 5.41) is 22.2. The molecule has 0 aliphatic heterocycles. The molecular formula is C26H21N3O5. The average molecular weight is 455 g/mol. The van der Waals surface area contributed by atoms with Crippen LogP contribution in [0.3, 0.4) is 0 Å². The number of nitrogens with zero attached hydrogens (tertiary/aromatic N) is 2. The average Bonchev–Trinajstić information content (AvgIpc) is 2.89. The van der Waals surface area contributed by atoms with Crippen LogP contribution in [-0.4, -0.2) is 41.5 Å². The highest BCUT2D eigenvalue weighted by atomic mass is 16.5. The van der Waals surface area contributed by atoms with Gasteiger partial charge >= 0.3 is 11.9 Å². The molecule has 0 spiro atoms. The van der Waals surface area contributed by atoms with Crippen LogP contribution in [0.4, 0.5) is 11.5 Å². The summed E-state index contributed by atoms with van der Waals surface area (Å²) in [4.78, 5) is 25.0. The fraction of sp³-hybridized carbons (Fsp3) is 0.0769. The first-order chi connectivity index (χ1) is 16.5. The van der Waals surface area contributed by atoms with E-state index in [2.05, 4.69) is 15.5 Å². The van der Waals surface area contributed by atoms with Crippen LogP contribution >= 0.6 is 0 Å². The third-order valence-electron chi connectivity index (χ3n) is 5.17. The minimum Gasteiger partial charge on any atom is -0.505 e. The predicted molar refractivity (Wildman–Crippen MR) is 127 cm³/mol. The number of carbonyl (C=O) groups is 2. The van der Waals surface area contributed by atoms with E-state index < -0.39 is 11.9 Å². The maximum atomic E-state index is 13.0. The largest absolute Gasteiger partial charge is 0.505 e. The Morgan fingerprint density at radius 1 is 0.765 bits per heavy atom. The topological polar surface area (TPSA) is 111 Å². The van der Waals surface area contributed by atoms with Gasteiger partial charge in [-0.15, -0.1) is 10.2 Å². The molecule has 0 atom stereocenters. The Morgan fingerprint density at radius 3 is 2.00 bits per heavy atom. The SMILES string of the molecule is COC(=O)c1cccc(Nc2nnc(-c3ccccc3)c(-c3ccccc3)c2C(=O)OC)c1O. The molecule has 1 heterocycles. The van der Waals surface area contributed by atoms with Crippen molar-refractivity contribution in [2.24, 2.45) is 0 Å². The second-order valence-electron chi connectivity index (χ2n) is 7.19. The molecule has 3 aromatic carbocycles. The van der Waals surface area contributed by atoms with E-state index in [-0.39, 0.29) is 28.4 Å². The number of anilines is 2. The van der Waals surface area contributed by atoms with Gasteiger partial charge in [-0.25, -0.2) is 9.59 Å². The monoisotopic (exact) mass is 455 g/mol. The van der Waals surface area contributed by atoms with Crippen molar-refractivity contribution in [3.8, 4) is 28.1 Å². The Kier molecular flexibility index (Phi) is 6.49. The smallest absolute Gasteiger partial charge is 0.342 e. The predicted octanol–water partition coefficient (Wildman–Crippen LogP) is 4.83. The van der Waals surface area contributed by atoms with Crippen LogP contribution in [-0.2, 0) is 9.47 Å². The van der Waals surface area contributed by atoms with Crippen LogP contribution in [0.25, 0.3) is 22.4 Å². The number of nitrogens with one attached hydrogen (secondary N) is 1. The molecule has 1 aromatic heterocycles. The van der Waals surface area contributed by atoms with Crippen molar-refractivity contribution in [2.75, 3.05) is 19.5 Å². The number of phenolic OH excluding ortho intramolecular Hbond substituents is 1. The first-order valence-electron chi connectivity index (χ1n) is 10.3. The number of phenols is 1. The van der Waals surface area contributed by atoms with E-state index in [4.69, 9.17) is 9.47 Å². The molecule has 0 aliphatic rings. The molecule has 2 N–H and O–H groups in total. The number of aromatic nitrogens is 2. The number of carbonyl (C=O) groups excluding carboxylic acids is 2. The molecule has 8 nitrogen and oxygen atoms in total. The third kappa shape index (κ3) is 4.29. The quantitative estimate of drug-likeness (QED) is 0.314. The van der Waals surface area contributed by atoms with Crippen LogP contribution in [0.2, 0.25) is 0 Å². The van der Waals surface area contributed by atoms with Gasteiger partial charge < -0.3 is 19.9 Å². The Balaban J connectivity index is 1.95. The van der Waals surface area contributed by atoms with Gasteiger partial charge in [0.2, 0.25) is 0 Å². The van der Waals surface area contributed by atoms with Gasteiger partial charge in [0.25, 0.3) is 0 Å². The molecule has 0 bridgehead atoms. The number of esters is 2. The normalized spacial score (nSPS) is 10.4. The molecule has 0 saturated carbocycles. The number of para-hydroxylation sites is 1. The van der Waals surface area contributed by atoms with Crippen molar-refractivity contribution in [1.29, 1.82) is 0 Å². The maximum absolute atomic E-state index is 13.0. The minimum absolute atomic E-state index is 0.0377. The summed E-state index contributed by atoms with van der Waals surface area (Å²) in [5.41, 5.74) is 2.74.